The molecule has 0 aliphatic heterocycles. The molecule has 15 heavy (non-hydrogen) atoms. The first-order chi connectivity index (χ1) is 6.98. The van der Waals surface area contributed by atoms with Crippen LogP contribution in [0.3, 0.4) is 0 Å². The van der Waals surface area contributed by atoms with Crippen LogP contribution in [0.2, 0.25) is 0 Å². The van der Waals surface area contributed by atoms with Crippen LogP contribution in [0.4, 0.5) is 0 Å². The first kappa shape index (κ1) is 10.4. The van der Waals surface area contributed by atoms with Crippen molar-refractivity contribution >= 4 is 30.6 Å². The number of halogens is 1. The molecule has 0 unspecified atom stereocenters. The van der Waals surface area contributed by atoms with Gasteiger partial charge in [-0.2, -0.15) is 0 Å². The summed E-state index contributed by atoms with van der Waals surface area (Å²) in [5.41, 5.74) is 1.69. The predicted octanol–water partition coefficient (Wildman–Crippen LogP) is 2.47. The van der Waals surface area contributed by atoms with Crippen LogP contribution in [0.15, 0.2) is 35.4 Å². The molecule has 0 saturated heterocycles. The first-order valence-corrected chi connectivity index (χ1v) is 6.59. The second-order valence-corrected chi connectivity index (χ2v) is 5.81. The normalized spacial score (nSPS) is 11.9. The highest BCUT2D eigenvalue weighted by molar-refractivity contribution is 8.13. The van der Waals surface area contributed by atoms with Gasteiger partial charge < -0.3 is 0 Å². The van der Waals surface area contributed by atoms with Crippen LogP contribution in [0.5, 0.6) is 0 Å². The summed E-state index contributed by atoms with van der Waals surface area (Å²) in [6.07, 6.45) is 1.64. The molecule has 1 heterocycles. The average Bonchev–Trinajstić information content (AvgIpc) is 2.16. The minimum Gasteiger partial charge on any atom is -0.256 e. The fraction of sp³-hybridized carbons (Fsp3) is 0.100. The zero-order valence-corrected chi connectivity index (χ0v) is 9.51. The lowest BCUT2D eigenvalue weighted by Gasteiger charge is -2.02. The van der Waals surface area contributed by atoms with E-state index in [2.05, 4.69) is 4.98 Å². The molecule has 0 aliphatic carbocycles. The van der Waals surface area contributed by atoms with Crippen molar-refractivity contribution in [2.75, 3.05) is 0 Å². The van der Waals surface area contributed by atoms with Crippen LogP contribution in [-0.4, -0.2) is 13.4 Å². The SMILES string of the molecule is Cc1ccnc2cc(S(=O)(=O)Cl)ccc12. The van der Waals surface area contributed by atoms with Crippen LogP contribution in [0, 0.1) is 6.92 Å². The minimum atomic E-state index is -3.67. The van der Waals surface area contributed by atoms with E-state index < -0.39 is 9.05 Å². The van der Waals surface area contributed by atoms with Gasteiger partial charge in [-0.3, -0.25) is 4.98 Å². The van der Waals surface area contributed by atoms with Crippen LogP contribution in [-0.2, 0) is 9.05 Å². The van der Waals surface area contributed by atoms with Crippen molar-refractivity contribution < 1.29 is 8.42 Å². The molecule has 0 atom stereocenters. The molecule has 0 spiro atoms. The Morgan fingerprint density at radius 2 is 2.00 bits per heavy atom. The van der Waals surface area contributed by atoms with E-state index in [0.717, 1.165) is 10.9 Å². The third-order valence-electron chi connectivity index (χ3n) is 2.21. The number of benzene rings is 1. The molecule has 78 valence electrons. The Hall–Kier alpha value is -1.13. The van der Waals surface area contributed by atoms with Gasteiger partial charge in [0.15, 0.2) is 0 Å². The molecule has 0 aliphatic rings. The quantitative estimate of drug-likeness (QED) is 0.721. The highest BCUT2D eigenvalue weighted by atomic mass is 35.7. The number of pyridine rings is 1. The standard InChI is InChI=1S/C10H8ClNO2S/c1-7-4-5-12-10-6-8(15(11,13)14)2-3-9(7)10/h2-6H,1H3. The number of hydrogen-bond donors (Lipinski definition) is 0. The maximum absolute atomic E-state index is 11.1. The van der Waals surface area contributed by atoms with Gasteiger partial charge in [-0.1, -0.05) is 6.07 Å². The van der Waals surface area contributed by atoms with E-state index in [1.54, 1.807) is 12.3 Å². The van der Waals surface area contributed by atoms with Gasteiger partial charge in [0.05, 0.1) is 10.4 Å². The average molecular weight is 242 g/mol. The van der Waals surface area contributed by atoms with Gasteiger partial charge in [-0.25, -0.2) is 8.42 Å². The summed E-state index contributed by atoms with van der Waals surface area (Å²) in [5, 5.41) is 0.932. The van der Waals surface area contributed by atoms with Gasteiger partial charge in [0.25, 0.3) is 9.05 Å². The molecule has 0 N–H and O–H groups in total. The molecule has 1 aromatic carbocycles. The summed E-state index contributed by atoms with van der Waals surface area (Å²) >= 11 is 0. The number of aryl methyl sites for hydroxylation is 1. The Balaban J connectivity index is 2.79. The predicted molar refractivity (Wildman–Crippen MR) is 59.5 cm³/mol. The Kier molecular flexibility index (Phi) is 2.40. The maximum Gasteiger partial charge on any atom is 0.261 e. The van der Waals surface area contributed by atoms with Crippen LogP contribution < -0.4 is 0 Å². The highest BCUT2D eigenvalue weighted by Gasteiger charge is 2.10. The first-order valence-electron chi connectivity index (χ1n) is 4.28. The van der Waals surface area contributed by atoms with Crippen molar-refractivity contribution in [3.05, 3.63) is 36.0 Å². The fourth-order valence-corrected chi connectivity index (χ4v) is 2.19. The van der Waals surface area contributed by atoms with Crippen molar-refractivity contribution in [3.8, 4) is 0 Å². The molecule has 0 bridgehead atoms. The summed E-state index contributed by atoms with van der Waals surface area (Å²) in [4.78, 5) is 4.17. The van der Waals surface area contributed by atoms with Gasteiger partial charge >= 0.3 is 0 Å². The van der Waals surface area contributed by atoms with Crippen LogP contribution in [0.25, 0.3) is 10.9 Å². The smallest absolute Gasteiger partial charge is 0.256 e. The molecule has 0 fully saturated rings. The van der Waals surface area contributed by atoms with Crippen LogP contribution >= 0.6 is 10.7 Å². The van der Waals surface area contributed by atoms with E-state index in [-0.39, 0.29) is 4.90 Å². The van der Waals surface area contributed by atoms with Crippen LogP contribution in [0.1, 0.15) is 5.56 Å². The summed E-state index contributed by atoms with van der Waals surface area (Å²) in [5.74, 6) is 0. The Bertz CT molecular complexity index is 622. The minimum absolute atomic E-state index is 0.0785. The van der Waals surface area contributed by atoms with Gasteiger partial charge in [-0.15, -0.1) is 0 Å². The van der Waals surface area contributed by atoms with Gasteiger partial charge in [0.2, 0.25) is 0 Å². The topological polar surface area (TPSA) is 47.0 Å². The molecule has 2 rings (SSSR count). The molecule has 0 amide bonds. The molecule has 2 aromatic rings. The lowest BCUT2D eigenvalue weighted by atomic mass is 10.1. The van der Waals surface area contributed by atoms with E-state index >= 15 is 0 Å². The second kappa shape index (κ2) is 3.47. The summed E-state index contributed by atoms with van der Waals surface area (Å²) in [7, 11) is 1.57. The Morgan fingerprint density at radius 3 is 2.67 bits per heavy atom. The zero-order chi connectivity index (χ0) is 11.1. The lowest BCUT2D eigenvalue weighted by molar-refractivity contribution is 0.609. The maximum atomic E-state index is 11.1. The number of nitrogens with zero attached hydrogens (tertiary/aromatic N) is 1. The fourth-order valence-electron chi connectivity index (χ4n) is 1.42. The van der Waals surface area contributed by atoms with E-state index in [1.165, 1.54) is 12.1 Å². The number of hydrogen-bond acceptors (Lipinski definition) is 3. The number of aromatic nitrogens is 1. The Labute approximate surface area is 92.1 Å². The second-order valence-electron chi connectivity index (χ2n) is 3.24. The molecule has 0 radical (unpaired) electrons. The molecular formula is C10H8ClNO2S. The van der Waals surface area contributed by atoms with Gasteiger partial charge in [-0.05, 0) is 30.7 Å². The van der Waals surface area contributed by atoms with E-state index in [0.29, 0.717) is 5.52 Å². The molecule has 0 saturated carbocycles. The molecule has 5 heteroatoms. The Morgan fingerprint density at radius 1 is 1.27 bits per heavy atom. The zero-order valence-electron chi connectivity index (χ0n) is 7.94. The summed E-state index contributed by atoms with van der Waals surface area (Å²) in [6, 6.07) is 6.55. The van der Waals surface area contributed by atoms with E-state index in [1.807, 2.05) is 13.0 Å². The van der Waals surface area contributed by atoms with Crippen molar-refractivity contribution in [1.29, 1.82) is 0 Å². The van der Waals surface area contributed by atoms with E-state index in [9.17, 15) is 8.42 Å². The largest absolute Gasteiger partial charge is 0.261 e. The molecule has 1 aromatic heterocycles. The summed E-state index contributed by atoms with van der Waals surface area (Å²) < 4.78 is 22.2. The van der Waals surface area contributed by atoms with Crippen molar-refractivity contribution in [2.45, 2.75) is 11.8 Å². The van der Waals surface area contributed by atoms with Crippen molar-refractivity contribution in [3.63, 3.8) is 0 Å². The third-order valence-corrected chi connectivity index (χ3v) is 3.57. The molecular weight excluding hydrogens is 234 g/mol. The number of fused-ring (bicyclic) bond motifs is 1. The van der Waals surface area contributed by atoms with Crippen molar-refractivity contribution in [1.82, 2.24) is 4.98 Å². The lowest BCUT2D eigenvalue weighted by Crippen LogP contribution is -1.91. The van der Waals surface area contributed by atoms with Crippen molar-refractivity contribution in [2.24, 2.45) is 0 Å². The number of rotatable bonds is 1. The van der Waals surface area contributed by atoms with Gasteiger partial charge in [0.1, 0.15) is 0 Å². The molecule has 3 nitrogen and oxygen atoms in total. The van der Waals surface area contributed by atoms with E-state index in [4.69, 9.17) is 10.7 Å². The summed E-state index contributed by atoms with van der Waals surface area (Å²) in [6.45, 7) is 1.94. The third kappa shape index (κ3) is 1.96. The monoisotopic (exact) mass is 241 g/mol. The van der Waals surface area contributed by atoms with Gasteiger partial charge in [0, 0.05) is 22.3 Å². The highest BCUT2D eigenvalue weighted by Crippen LogP contribution is 2.22.